The molecule has 0 saturated heterocycles. The van der Waals surface area contributed by atoms with Crippen molar-refractivity contribution in [1.29, 1.82) is 0 Å². The predicted molar refractivity (Wildman–Crippen MR) is 62.1 cm³/mol. The molecule has 0 fully saturated rings. The minimum atomic E-state index is -0.198. The van der Waals surface area contributed by atoms with Gasteiger partial charge in [-0.2, -0.15) is 0 Å². The smallest absolute Gasteiger partial charge is 0.147 e. The second-order valence-corrected chi connectivity index (χ2v) is 4.08. The van der Waals surface area contributed by atoms with Crippen LogP contribution in [0.3, 0.4) is 0 Å². The molecule has 0 amide bonds. The summed E-state index contributed by atoms with van der Waals surface area (Å²) >= 11 is 3.31. The molecular weight excluding hydrogens is 245 g/mol. The lowest BCUT2D eigenvalue weighted by molar-refractivity contribution is 0.628. The van der Waals surface area contributed by atoms with Crippen LogP contribution in [0.4, 0.5) is 10.1 Å². The molecule has 0 aliphatic rings. The Hall–Kier alpha value is -0.570. The van der Waals surface area contributed by atoms with Gasteiger partial charge in [-0.1, -0.05) is 25.8 Å². The highest BCUT2D eigenvalue weighted by atomic mass is 79.9. The van der Waals surface area contributed by atoms with Gasteiger partial charge in [-0.15, -0.1) is 0 Å². The third kappa shape index (κ3) is 3.29. The Morgan fingerprint density at radius 1 is 1.36 bits per heavy atom. The Kier molecular flexibility index (Phi) is 4.94. The number of benzene rings is 1. The molecule has 0 aromatic heterocycles. The van der Waals surface area contributed by atoms with Gasteiger partial charge in [0.15, 0.2) is 0 Å². The zero-order valence-corrected chi connectivity index (χ0v) is 9.90. The molecule has 14 heavy (non-hydrogen) atoms. The molecule has 0 radical (unpaired) electrons. The zero-order valence-electron chi connectivity index (χ0n) is 8.32. The van der Waals surface area contributed by atoms with E-state index in [4.69, 9.17) is 0 Å². The molecule has 1 N–H and O–H groups in total. The lowest BCUT2D eigenvalue weighted by Crippen LogP contribution is -2.03. The third-order valence-electron chi connectivity index (χ3n) is 2.04. The van der Waals surface area contributed by atoms with Crippen LogP contribution in [0, 0.1) is 5.82 Å². The Morgan fingerprint density at radius 3 is 2.79 bits per heavy atom. The van der Waals surface area contributed by atoms with E-state index in [2.05, 4.69) is 28.2 Å². The van der Waals surface area contributed by atoms with Gasteiger partial charge in [0.25, 0.3) is 0 Å². The normalized spacial score (nSPS) is 10.2. The molecule has 1 rings (SSSR count). The highest BCUT2D eigenvalue weighted by Gasteiger charge is 2.04. The molecule has 0 atom stereocenters. The van der Waals surface area contributed by atoms with E-state index in [0.29, 0.717) is 5.69 Å². The first-order valence-corrected chi connectivity index (χ1v) is 5.73. The van der Waals surface area contributed by atoms with Crippen LogP contribution in [-0.2, 0) is 0 Å². The summed E-state index contributed by atoms with van der Waals surface area (Å²) < 4.78 is 14.1. The standard InChI is InChI=1S/C11H15BrFN/c1-2-3-4-8-14-11-9(12)6-5-7-10(11)13/h5-7,14H,2-4,8H2,1H3. The third-order valence-corrected chi connectivity index (χ3v) is 2.71. The van der Waals surface area contributed by atoms with Gasteiger partial charge in [-0.05, 0) is 34.5 Å². The Morgan fingerprint density at radius 2 is 2.14 bits per heavy atom. The van der Waals surface area contributed by atoms with Gasteiger partial charge >= 0.3 is 0 Å². The molecule has 1 aromatic carbocycles. The van der Waals surface area contributed by atoms with Crippen LogP contribution in [0.1, 0.15) is 26.2 Å². The molecule has 0 heterocycles. The largest absolute Gasteiger partial charge is 0.382 e. The highest BCUT2D eigenvalue weighted by molar-refractivity contribution is 9.10. The lowest BCUT2D eigenvalue weighted by atomic mass is 10.2. The summed E-state index contributed by atoms with van der Waals surface area (Å²) in [6.45, 7) is 2.98. The van der Waals surface area contributed by atoms with Crippen molar-refractivity contribution in [2.24, 2.45) is 0 Å². The van der Waals surface area contributed by atoms with Gasteiger partial charge in [0.1, 0.15) is 5.82 Å². The summed E-state index contributed by atoms with van der Waals surface area (Å²) in [4.78, 5) is 0. The van der Waals surface area contributed by atoms with E-state index in [1.165, 1.54) is 18.9 Å². The number of nitrogens with one attached hydrogen (secondary N) is 1. The first kappa shape index (κ1) is 11.5. The molecule has 0 saturated carbocycles. The topological polar surface area (TPSA) is 12.0 Å². The van der Waals surface area contributed by atoms with Gasteiger partial charge in [0, 0.05) is 11.0 Å². The zero-order chi connectivity index (χ0) is 10.4. The van der Waals surface area contributed by atoms with Crippen LogP contribution in [0.15, 0.2) is 22.7 Å². The minimum Gasteiger partial charge on any atom is -0.382 e. The fourth-order valence-electron chi connectivity index (χ4n) is 1.26. The molecular formula is C11H15BrFN. The van der Waals surface area contributed by atoms with Gasteiger partial charge in [-0.25, -0.2) is 4.39 Å². The molecule has 0 unspecified atom stereocenters. The molecule has 0 aliphatic carbocycles. The lowest BCUT2D eigenvalue weighted by Gasteiger charge is -2.08. The van der Waals surface area contributed by atoms with Crippen LogP contribution >= 0.6 is 15.9 Å². The first-order valence-electron chi connectivity index (χ1n) is 4.93. The van der Waals surface area contributed by atoms with Crippen molar-refractivity contribution < 1.29 is 4.39 Å². The van der Waals surface area contributed by atoms with E-state index in [1.807, 2.05) is 6.07 Å². The molecule has 0 spiro atoms. The number of unbranched alkanes of at least 4 members (excludes halogenated alkanes) is 2. The van der Waals surface area contributed by atoms with E-state index >= 15 is 0 Å². The SMILES string of the molecule is CCCCCNc1c(F)cccc1Br. The Bertz CT molecular complexity index is 268. The monoisotopic (exact) mass is 259 g/mol. The average Bonchev–Trinajstić information content (AvgIpc) is 2.16. The maximum atomic E-state index is 13.3. The van der Waals surface area contributed by atoms with Gasteiger partial charge in [0.05, 0.1) is 5.69 Å². The number of anilines is 1. The summed E-state index contributed by atoms with van der Waals surface area (Å²) in [6, 6.07) is 4.99. The highest BCUT2D eigenvalue weighted by Crippen LogP contribution is 2.24. The Labute approximate surface area is 92.8 Å². The van der Waals surface area contributed by atoms with Crippen molar-refractivity contribution in [2.75, 3.05) is 11.9 Å². The Balaban J connectivity index is 2.49. The van der Waals surface area contributed by atoms with Crippen LogP contribution < -0.4 is 5.32 Å². The van der Waals surface area contributed by atoms with E-state index in [-0.39, 0.29) is 5.82 Å². The van der Waals surface area contributed by atoms with Crippen molar-refractivity contribution >= 4 is 21.6 Å². The fourth-order valence-corrected chi connectivity index (χ4v) is 1.74. The average molecular weight is 260 g/mol. The molecule has 0 aliphatic heterocycles. The second kappa shape index (κ2) is 6.02. The van der Waals surface area contributed by atoms with Crippen molar-refractivity contribution in [3.8, 4) is 0 Å². The van der Waals surface area contributed by atoms with E-state index in [9.17, 15) is 4.39 Å². The second-order valence-electron chi connectivity index (χ2n) is 3.23. The van der Waals surface area contributed by atoms with Crippen LogP contribution in [0.25, 0.3) is 0 Å². The van der Waals surface area contributed by atoms with Crippen molar-refractivity contribution in [1.82, 2.24) is 0 Å². The molecule has 78 valence electrons. The maximum absolute atomic E-state index is 13.3. The number of halogens is 2. The number of rotatable bonds is 5. The molecule has 0 bridgehead atoms. The minimum absolute atomic E-state index is 0.198. The molecule has 1 nitrogen and oxygen atoms in total. The first-order chi connectivity index (χ1) is 6.75. The van der Waals surface area contributed by atoms with Crippen LogP contribution in [0.2, 0.25) is 0 Å². The molecule has 3 heteroatoms. The van der Waals surface area contributed by atoms with Crippen molar-refractivity contribution in [3.05, 3.63) is 28.5 Å². The van der Waals surface area contributed by atoms with E-state index < -0.39 is 0 Å². The summed E-state index contributed by atoms with van der Waals surface area (Å²) in [7, 11) is 0. The summed E-state index contributed by atoms with van der Waals surface area (Å²) in [5.74, 6) is -0.198. The predicted octanol–water partition coefficient (Wildman–Crippen LogP) is 4.19. The summed E-state index contributed by atoms with van der Waals surface area (Å²) in [5.41, 5.74) is 0.573. The van der Waals surface area contributed by atoms with E-state index in [0.717, 1.165) is 17.4 Å². The van der Waals surface area contributed by atoms with Crippen molar-refractivity contribution in [2.45, 2.75) is 26.2 Å². The number of hydrogen-bond donors (Lipinski definition) is 1. The quantitative estimate of drug-likeness (QED) is 0.783. The van der Waals surface area contributed by atoms with Gasteiger partial charge < -0.3 is 5.32 Å². The summed E-state index contributed by atoms with van der Waals surface area (Å²) in [6.07, 6.45) is 3.44. The van der Waals surface area contributed by atoms with Crippen molar-refractivity contribution in [3.63, 3.8) is 0 Å². The molecule has 1 aromatic rings. The van der Waals surface area contributed by atoms with Crippen LogP contribution in [-0.4, -0.2) is 6.54 Å². The van der Waals surface area contributed by atoms with E-state index in [1.54, 1.807) is 6.07 Å². The van der Waals surface area contributed by atoms with Gasteiger partial charge in [0.2, 0.25) is 0 Å². The fraction of sp³-hybridized carbons (Fsp3) is 0.455. The summed E-state index contributed by atoms with van der Waals surface area (Å²) in [5, 5.41) is 3.09. The van der Waals surface area contributed by atoms with Crippen LogP contribution in [0.5, 0.6) is 0 Å². The number of hydrogen-bond acceptors (Lipinski definition) is 1. The van der Waals surface area contributed by atoms with Gasteiger partial charge in [-0.3, -0.25) is 0 Å². The number of para-hydroxylation sites is 1. The maximum Gasteiger partial charge on any atom is 0.147 e.